The maximum absolute atomic E-state index is 5.28. The second-order valence-corrected chi connectivity index (χ2v) is 3.54. The monoisotopic (exact) mass is 163 g/mol. The quantitative estimate of drug-likeness (QED) is 0.580. The van der Waals surface area contributed by atoms with Crippen molar-refractivity contribution >= 4 is 5.71 Å². The third-order valence-corrected chi connectivity index (χ3v) is 2.30. The summed E-state index contributed by atoms with van der Waals surface area (Å²) in [5, 5.41) is 4.09. The van der Waals surface area contributed by atoms with Crippen LogP contribution in [0.2, 0.25) is 0 Å². The standard InChI is InChI=1S/C10H13NO/c1-7(2)10-8-5-3-4-6-9(8)12-11-10/h3-9H,1-2H3. The first-order chi connectivity index (χ1) is 5.79. The smallest absolute Gasteiger partial charge is 0.157 e. The average molecular weight is 163 g/mol. The molecule has 2 atom stereocenters. The Morgan fingerprint density at radius 1 is 1.33 bits per heavy atom. The van der Waals surface area contributed by atoms with Crippen LogP contribution in [0, 0.1) is 11.8 Å². The highest BCUT2D eigenvalue weighted by Crippen LogP contribution is 2.27. The molecule has 0 saturated heterocycles. The maximum atomic E-state index is 5.28. The van der Waals surface area contributed by atoms with Crippen molar-refractivity contribution in [1.29, 1.82) is 0 Å². The number of rotatable bonds is 1. The Hall–Kier alpha value is -1.05. The minimum absolute atomic E-state index is 0.160. The number of hydrogen-bond acceptors (Lipinski definition) is 2. The second-order valence-electron chi connectivity index (χ2n) is 3.54. The van der Waals surface area contributed by atoms with Crippen molar-refractivity contribution in [2.75, 3.05) is 0 Å². The van der Waals surface area contributed by atoms with Gasteiger partial charge >= 0.3 is 0 Å². The second kappa shape index (κ2) is 2.77. The van der Waals surface area contributed by atoms with Crippen LogP contribution in [0.15, 0.2) is 29.5 Å². The molecule has 64 valence electrons. The van der Waals surface area contributed by atoms with E-state index in [0.29, 0.717) is 11.8 Å². The molecular formula is C10H13NO. The van der Waals surface area contributed by atoms with Crippen molar-refractivity contribution in [2.24, 2.45) is 17.0 Å². The van der Waals surface area contributed by atoms with E-state index in [1.807, 2.05) is 6.08 Å². The maximum Gasteiger partial charge on any atom is 0.157 e. The molecule has 2 aliphatic rings. The predicted molar refractivity (Wildman–Crippen MR) is 48.9 cm³/mol. The zero-order valence-corrected chi connectivity index (χ0v) is 7.40. The molecule has 1 heterocycles. The van der Waals surface area contributed by atoms with Gasteiger partial charge in [0.1, 0.15) is 0 Å². The van der Waals surface area contributed by atoms with Gasteiger partial charge in [-0.15, -0.1) is 0 Å². The minimum atomic E-state index is 0.160. The van der Waals surface area contributed by atoms with Crippen molar-refractivity contribution in [3.05, 3.63) is 24.3 Å². The lowest BCUT2D eigenvalue weighted by Crippen LogP contribution is -2.24. The topological polar surface area (TPSA) is 21.6 Å². The van der Waals surface area contributed by atoms with E-state index in [0.717, 1.165) is 0 Å². The highest BCUT2D eigenvalue weighted by atomic mass is 16.6. The molecular weight excluding hydrogens is 150 g/mol. The molecule has 1 aliphatic carbocycles. The Bertz CT molecular complexity index is 263. The van der Waals surface area contributed by atoms with Crippen molar-refractivity contribution in [1.82, 2.24) is 0 Å². The first-order valence-electron chi connectivity index (χ1n) is 4.37. The van der Waals surface area contributed by atoms with Crippen LogP contribution >= 0.6 is 0 Å². The molecule has 2 unspecified atom stereocenters. The molecule has 0 spiro atoms. The largest absolute Gasteiger partial charge is 0.387 e. The molecule has 0 radical (unpaired) electrons. The SMILES string of the molecule is CC(C)C1=NOC2C=CC=CC12. The Kier molecular flexibility index (Phi) is 1.75. The summed E-state index contributed by atoms with van der Waals surface area (Å²) in [6, 6.07) is 0. The van der Waals surface area contributed by atoms with Gasteiger partial charge in [0.2, 0.25) is 0 Å². The molecule has 0 fully saturated rings. The zero-order chi connectivity index (χ0) is 8.55. The molecule has 0 aromatic carbocycles. The third kappa shape index (κ3) is 1.07. The van der Waals surface area contributed by atoms with E-state index in [2.05, 4.69) is 37.2 Å². The number of fused-ring (bicyclic) bond motifs is 1. The van der Waals surface area contributed by atoms with Crippen LogP contribution in [-0.2, 0) is 4.84 Å². The summed E-state index contributed by atoms with van der Waals surface area (Å²) in [6.45, 7) is 4.30. The molecule has 0 bridgehead atoms. The lowest BCUT2D eigenvalue weighted by Gasteiger charge is -2.15. The summed E-state index contributed by atoms with van der Waals surface area (Å²) < 4.78 is 0. The lowest BCUT2D eigenvalue weighted by atomic mass is 9.88. The van der Waals surface area contributed by atoms with E-state index in [1.165, 1.54) is 5.71 Å². The van der Waals surface area contributed by atoms with Gasteiger partial charge in [-0.05, 0) is 12.0 Å². The number of hydrogen-bond donors (Lipinski definition) is 0. The predicted octanol–water partition coefficient (Wildman–Crippen LogP) is 2.14. The summed E-state index contributed by atoms with van der Waals surface area (Å²) >= 11 is 0. The van der Waals surface area contributed by atoms with Crippen LogP contribution in [0.1, 0.15) is 13.8 Å². The summed E-state index contributed by atoms with van der Waals surface area (Å²) in [7, 11) is 0. The van der Waals surface area contributed by atoms with Gasteiger partial charge in [-0.3, -0.25) is 0 Å². The molecule has 1 aliphatic heterocycles. The summed E-state index contributed by atoms with van der Waals surface area (Å²) in [6.07, 6.45) is 8.46. The molecule has 0 aromatic heterocycles. The Balaban J connectivity index is 2.20. The normalized spacial score (nSPS) is 31.8. The van der Waals surface area contributed by atoms with Crippen LogP contribution in [0.5, 0.6) is 0 Å². The Morgan fingerprint density at radius 3 is 2.83 bits per heavy atom. The molecule has 0 saturated carbocycles. The first kappa shape index (κ1) is 7.59. The van der Waals surface area contributed by atoms with Gasteiger partial charge < -0.3 is 4.84 Å². The van der Waals surface area contributed by atoms with Crippen LogP contribution in [0.25, 0.3) is 0 Å². The van der Waals surface area contributed by atoms with Gasteiger partial charge in [-0.2, -0.15) is 0 Å². The van der Waals surface area contributed by atoms with E-state index >= 15 is 0 Å². The van der Waals surface area contributed by atoms with E-state index in [-0.39, 0.29) is 6.10 Å². The fourth-order valence-electron chi connectivity index (χ4n) is 1.63. The van der Waals surface area contributed by atoms with Gasteiger partial charge in [-0.25, -0.2) is 0 Å². The molecule has 0 amide bonds. The van der Waals surface area contributed by atoms with E-state index in [4.69, 9.17) is 4.84 Å². The van der Waals surface area contributed by atoms with Crippen LogP contribution < -0.4 is 0 Å². The Morgan fingerprint density at radius 2 is 2.08 bits per heavy atom. The molecule has 2 rings (SSSR count). The number of oxime groups is 1. The molecule has 0 N–H and O–H groups in total. The van der Waals surface area contributed by atoms with E-state index in [1.54, 1.807) is 0 Å². The zero-order valence-electron chi connectivity index (χ0n) is 7.40. The summed E-state index contributed by atoms with van der Waals surface area (Å²) in [5.74, 6) is 0.867. The average Bonchev–Trinajstić information content (AvgIpc) is 2.47. The first-order valence-corrected chi connectivity index (χ1v) is 4.37. The lowest BCUT2D eigenvalue weighted by molar-refractivity contribution is 0.105. The van der Waals surface area contributed by atoms with Crippen LogP contribution in [-0.4, -0.2) is 11.8 Å². The van der Waals surface area contributed by atoms with E-state index in [9.17, 15) is 0 Å². The third-order valence-electron chi connectivity index (χ3n) is 2.30. The number of nitrogens with zero attached hydrogens (tertiary/aromatic N) is 1. The summed E-state index contributed by atoms with van der Waals surface area (Å²) in [5.41, 5.74) is 1.17. The van der Waals surface area contributed by atoms with Crippen molar-refractivity contribution in [3.8, 4) is 0 Å². The fraction of sp³-hybridized carbons (Fsp3) is 0.500. The molecule has 0 aromatic rings. The van der Waals surface area contributed by atoms with Crippen molar-refractivity contribution in [3.63, 3.8) is 0 Å². The van der Waals surface area contributed by atoms with Gasteiger partial charge in [0.05, 0.1) is 11.6 Å². The van der Waals surface area contributed by atoms with Crippen molar-refractivity contribution < 1.29 is 4.84 Å². The highest BCUT2D eigenvalue weighted by Gasteiger charge is 2.32. The Labute approximate surface area is 72.6 Å². The molecule has 2 nitrogen and oxygen atoms in total. The fourth-order valence-corrected chi connectivity index (χ4v) is 1.63. The minimum Gasteiger partial charge on any atom is -0.387 e. The van der Waals surface area contributed by atoms with Gasteiger partial charge in [0.15, 0.2) is 6.10 Å². The summed E-state index contributed by atoms with van der Waals surface area (Å²) in [4.78, 5) is 5.28. The van der Waals surface area contributed by atoms with E-state index < -0.39 is 0 Å². The van der Waals surface area contributed by atoms with Gasteiger partial charge in [0, 0.05) is 0 Å². The molecule has 2 heteroatoms. The molecule has 12 heavy (non-hydrogen) atoms. The van der Waals surface area contributed by atoms with Crippen molar-refractivity contribution in [2.45, 2.75) is 20.0 Å². The number of allylic oxidation sites excluding steroid dienone is 2. The highest BCUT2D eigenvalue weighted by molar-refractivity contribution is 5.91. The van der Waals surface area contributed by atoms with Gasteiger partial charge in [0.25, 0.3) is 0 Å². The van der Waals surface area contributed by atoms with Gasteiger partial charge in [-0.1, -0.05) is 37.2 Å². The van der Waals surface area contributed by atoms with Crippen LogP contribution in [0.4, 0.5) is 0 Å². The van der Waals surface area contributed by atoms with Crippen LogP contribution in [0.3, 0.4) is 0 Å².